The third kappa shape index (κ3) is 7.63. The molecule has 8 nitrogen and oxygen atoms in total. The number of nitriles is 1. The fraction of sp³-hybridized carbons (Fsp3) is 0.207. The molecule has 0 bridgehead atoms. The van der Waals surface area contributed by atoms with Crippen LogP contribution in [0.3, 0.4) is 0 Å². The fourth-order valence-electron chi connectivity index (χ4n) is 4.33. The van der Waals surface area contributed by atoms with Gasteiger partial charge in [0.1, 0.15) is 35.6 Å². The van der Waals surface area contributed by atoms with Crippen molar-refractivity contribution in [2.45, 2.75) is 32.1 Å². The van der Waals surface area contributed by atoms with Gasteiger partial charge in [0, 0.05) is 17.8 Å². The van der Waals surface area contributed by atoms with Gasteiger partial charge in [-0.1, -0.05) is 12.1 Å². The summed E-state index contributed by atoms with van der Waals surface area (Å²) in [5.74, 6) is -3.37. The van der Waals surface area contributed by atoms with E-state index < -0.39 is 53.4 Å². The molecule has 0 radical (unpaired) electrons. The van der Waals surface area contributed by atoms with Gasteiger partial charge in [-0.05, 0) is 61.9 Å². The van der Waals surface area contributed by atoms with Crippen LogP contribution in [0, 0.1) is 35.7 Å². The normalized spacial score (nSPS) is 11.6. The number of amides is 1. The minimum Gasteiger partial charge on any atom is -0.346 e. The minimum atomic E-state index is -4.93. The molecule has 2 aromatic heterocycles. The van der Waals surface area contributed by atoms with Crippen molar-refractivity contribution in [1.29, 1.82) is 5.26 Å². The van der Waals surface area contributed by atoms with Crippen molar-refractivity contribution >= 4 is 12.2 Å². The Hall–Kier alpha value is -5.03. The van der Waals surface area contributed by atoms with Crippen molar-refractivity contribution in [2.24, 2.45) is 5.73 Å². The number of carbonyl (C=O) groups is 2. The summed E-state index contributed by atoms with van der Waals surface area (Å²) in [5, 5.41) is 15.2. The lowest BCUT2D eigenvalue weighted by Crippen LogP contribution is -2.34. The number of aldehydes is 1. The Morgan fingerprint density at radius 2 is 1.79 bits per heavy atom. The highest BCUT2D eigenvalue weighted by Crippen LogP contribution is 2.33. The summed E-state index contributed by atoms with van der Waals surface area (Å²) in [7, 11) is 1.50. The first-order chi connectivity index (χ1) is 20.4. The maximum atomic E-state index is 14.0. The Kier molecular flexibility index (Phi) is 10.4. The molecule has 2 aromatic carbocycles. The molecule has 0 saturated carbocycles. The van der Waals surface area contributed by atoms with E-state index in [2.05, 4.69) is 21.1 Å². The molecule has 1 atom stereocenters. The summed E-state index contributed by atoms with van der Waals surface area (Å²) in [5.41, 5.74) is 2.88. The van der Waals surface area contributed by atoms with Crippen molar-refractivity contribution in [3.05, 3.63) is 106 Å². The zero-order valence-electron chi connectivity index (χ0n) is 22.7. The van der Waals surface area contributed by atoms with Gasteiger partial charge < -0.3 is 11.1 Å². The summed E-state index contributed by atoms with van der Waals surface area (Å²) in [6, 6.07) is 9.90. The van der Waals surface area contributed by atoms with Crippen molar-refractivity contribution in [2.75, 3.05) is 7.05 Å². The molecule has 1 amide bonds. The first-order valence-electron chi connectivity index (χ1n) is 12.5. The molecular weight excluding hydrogens is 578 g/mol. The number of nitrogens with two attached hydrogens (primary N) is 1. The number of rotatable bonds is 8. The molecule has 0 saturated heterocycles. The quantitative estimate of drug-likeness (QED) is 0.215. The second kappa shape index (κ2) is 13.8. The molecule has 1 unspecified atom stereocenters. The molecule has 0 aliphatic heterocycles. The van der Waals surface area contributed by atoms with E-state index in [1.165, 1.54) is 38.4 Å². The number of benzene rings is 2. The van der Waals surface area contributed by atoms with E-state index >= 15 is 0 Å². The SMILES string of the molecule is CN.Cc1c(C#N)c(C(F)(F)F)nn1CC(=O)NC(Cc1cc(F)cc(F)c1)c1ncccc1-c1ccc(F)c(C=O)c1. The van der Waals surface area contributed by atoms with Crippen molar-refractivity contribution in [1.82, 2.24) is 20.1 Å². The second-order valence-electron chi connectivity index (χ2n) is 8.97. The maximum absolute atomic E-state index is 14.0. The molecule has 224 valence electrons. The summed E-state index contributed by atoms with van der Waals surface area (Å²) in [6.07, 6.45) is -3.44. The van der Waals surface area contributed by atoms with Crippen LogP contribution in [0.15, 0.2) is 54.7 Å². The number of pyridine rings is 1. The van der Waals surface area contributed by atoms with Gasteiger partial charge in [0.15, 0.2) is 12.0 Å². The predicted molar refractivity (Wildman–Crippen MR) is 143 cm³/mol. The highest BCUT2D eigenvalue weighted by molar-refractivity contribution is 5.80. The van der Waals surface area contributed by atoms with Gasteiger partial charge in [0.25, 0.3) is 0 Å². The molecule has 4 aromatic rings. The van der Waals surface area contributed by atoms with Crippen LogP contribution in [0.1, 0.15) is 44.6 Å². The van der Waals surface area contributed by atoms with Crippen LogP contribution in [-0.4, -0.2) is 34.0 Å². The van der Waals surface area contributed by atoms with E-state index in [-0.39, 0.29) is 28.9 Å². The van der Waals surface area contributed by atoms with Gasteiger partial charge in [-0.3, -0.25) is 19.3 Å². The van der Waals surface area contributed by atoms with E-state index in [0.717, 1.165) is 22.9 Å². The molecule has 3 N–H and O–H groups in total. The molecule has 43 heavy (non-hydrogen) atoms. The van der Waals surface area contributed by atoms with Crippen LogP contribution < -0.4 is 11.1 Å². The van der Waals surface area contributed by atoms with Crippen LogP contribution in [-0.2, 0) is 23.9 Å². The van der Waals surface area contributed by atoms with Crippen LogP contribution in [0.4, 0.5) is 26.3 Å². The molecule has 0 spiro atoms. The number of aromatic nitrogens is 3. The lowest BCUT2D eigenvalue weighted by atomic mass is 9.94. The first-order valence-corrected chi connectivity index (χ1v) is 12.5. The first kappa shape index (κ1) is 32.5. The third-order valence-electron chi connectivity index (χ3n) is 6.18. The van der Waals surface area contributed by atoms with Crippen LogP contribution >= 0.6 is 0 Å². The number of hydrogen-bond donors (Lipinski definition) is 2. The summed E-state index contributed by atoms with van der Waals surface area (Å²) in [4.78, 5) is 28.7. The Balaban J connectivity index is 0.00000248. The standard InChI is InChI=1S/C28H19F6N5O2.CH5N/c1-15-22(12-35)27(28(32,33)34)38-39(15)13-25(41)37-24(9-16-7-19(29)11-20(30)8-16)26-21(3-2-6-36-26)17-4-5-23(31)18(10-17)14-40;1-2/h2-8,10-11,14,24H,9,13H2,1H3,(H,37,41);2H2,1H3. The van der Waals surface area contributed by atoms with E-state index in [1.807, 2.05) is 0 Å². The number of alkyl halides is 3. The van der Waals surface area contributed by atoms with Gasteiger partial charge in [0.05, 0.1) is 23.0 Å². The lowest BCUT2D eigenvalue weighted by molar-refractivity contribution is -0.142. The Labute approximate surface area is 241 Å². The average Bonchev–Trinajstić information content (AvgIpc) is 3.28. The largest absolute Gasteiger partial charge is 0.436 e. The van der Waals surface area contributed by atoms with Gasteiger partial charge >= 0.3 is 6.18 Å². The van der Waals surface area contributed by atoms with Gasteiger partial charge in [-0.2, -0.15) is 23.5 Å². The summed E-state index contributed by atoms with van der Waals surface area (Å²) < 4.78 is 82.7. The van der Waals surface area contributed by atoms with Gasteiger partial charge in [-0.25, -0.2) is 13.2 Å². The molecule has 4 rings (SSSR count). The lowest BCUT2D eigenvalue weighted by Gasteiger charge is -2.22. The van der Waals surface area contributed by atoms with Crippen LogP contribution in [0.2, 0.25) is 0 Å². The van der Waals surface area contributed by atoms with E-state index in [9.17, 15) is 41.2 Å². The summed E-state index contributed by atoms with van der Waals surface area (Å²) in [6.45, 7) is 0.482. The van der Waals surface area contributed by atoms with E-state index in [1.54, 1.807) is 12.1 Å². The molecule has 0 fully saturated rings. The Morgan fingerprint density at radius 1 is 1.12 bits per heavy atom. The predicted octanol–water partition coefficient (Wildman–Crippen LogP) is 5.05. The minimum absolute atomic E-state index is 0.124. The average molecular weight is 603 g/mol. The summed E-state index contributed by atoms with van der Waals surface area (Å²) >= 11 is 0. The van der Waals surface area contributed by atoms with Crippen LogP contribution in [0.25, 0.3) is 11.1 Å². The van der Waals surface area contributed by atoms with Gasteiger partial charge in [-0.15, -0.1) is 0 Å². The van der Waals surface area contributed by atoms with Crippen LogP contribution in [0.5, 0.6) is 0 Å². The Morgan fingerprint density at radius 3 is 2.37 bits per heavy atom. The molecular formula is C29H24F6N6O2. The topological polar surface area (TPSA) is 127 Å². The zero-order chi connectivity index (χ0) is 31.9. The molecule has 14 heteroatoms. The molecule has 0 aliphatic rings. The highest BCUT2D eigenvalue weighted by atomic mass is 19.4. The Bertz CT molecular complexity index is 1660. The number of carbonyl (C=O) groups excluding carboxylic acids is 2. The van der Waals surface area contributed by atoms with E-state index in [0.29, 0.717) is 23.5 Å². The zero-order valence-corrected chi connectivity index (χ0v) is 22.7. The number of nitrogens with zero attached hydrogens (tertiary/aromatic N) is 4. The van der Waals surface area contributed by atoms with Crippen molar-refractivity contribution < 1.29 is 35.9 Å². The molecule has 2 heterocycles. The number of nitrogens with one attached hydrogen (secondary N) is 1. The monoisotopic (exact) mass is 602 g/mol. The fourth-order valence-corrected chi connectivity index (χ4v) is 4.33. The van der Waals surface area contributed by atoms with Gasteiger partial charge in [0.2, 0.25) is 5.91 Å². The third-order valence-corrected chi connectivity index (χ3v) is 6.18. The number of halogens is 6. The maximum Gasteiger partial charge on any atom is 0.436 e. The smallest absolute Gasteiger partial charge is 0.346 e. The van der Waals surface area contributed by atoms with E-state index in [4.69, 9.17) is 0 Å². The number of hydrogen-bond acceptors (Lipinski definition) is 6. The van der Waals surface area contributed by atoms with Crippen molar-refractivity contribution in [3.63, 3.8) is 0 Å². The molecule has 0 aliphatic carbocycles. The highest BCUT2D eigenvalue weighted by Gasteiger charge is 2.39. The second-order valence-corrected chi connectivity index (χ2v) is 8.97. The van der Waals surface area contributed by atoms with Crippen molar-refractivity contribution in [3.8, 4) is 17.2 Å².